The third-order valence-corrected chi connectivity index (χ3v) is 7.78. The Hall–Kier alpha value is -1.88. The van der Waals surface area contributed by atoms with Crippen LogP contribution in [0.4, 0.5) is 4.79 Å². The molecule has 1 N–H and O–H groups in total. The van der Waals surface area contributed by atoms with E-state index in [2.05, 4.69) is 57.4 Å². The van der Waals surface area contributed by atoms with E-state index in [0.717, 1.165) is 38.3 Å². The van der Waals surface area contributed by atoms with E-state index >= 15 is 0 Å². The van der Waals surface area contributed by atoms with Crippen molar-refractivity contribution >= 4 is 11.9 Å². The molecule has 2 atom stereocenters. The van der Waals surface area contributed by atoms with Crippen LogP contribution in [0.1, 0.15) is 70.3 Å². The predicted octanol–water partition coefficient (Wildman–Crippen LogP) is 4.58. The Labute approximate surface area is 180 Å². The SMILES string of the molecule is C[C@H]1C[C@]2(CCN1Cc1ccccc1)C(NC1CCCCC1)=NC(=O)N2CC1CC1. The minimum absolute atomic E-state index is 0.00363. The van der Waals surface area contributed by atoms with E-state index < -0.39 is 0 Å². The van der Waals surface area contributed by atoms with Crippen LogP contribution in [0.15, 0.2) is 35.3 Å². The van der Waals surface area contributed by atoms with Gasteiger partial charge in [-0.15, -0.1) is 0 Å². The van der Waals surface area contributed by atoms with E-state index in [-0.39, 0.29) is 11.6 Å². The Bertz CT molecular complexity index is 784. The van der Waals surface area contributed by atoms with Crippen molar-refractivity contribution in [1.29, 1.82) is 0 Å². The molecule has 2 aliphatic heterocycles. The van der Waals surface area contributed by atoms with Crippen molar-refractivity contribution in [2.24, 2.45) is 10.9 Å². The molecule has 1 aromatic carbocycles. The van der Waals surface area contributed by atoms with Crippen molar-refractivity contribution in [3.05, 3.63) is 35.9 Å². The third kappa shape index (κ3) is 4.01. The lowest BCUT2D eigenvalue weighted by Gasteiger charge is -2.49. The Balaban J connectivity index is 1.35. The molecule has 0 aromatic heterocycles. The maximum atomic E-state index is 13.0. The number of amidine groups is 1. The van der Waals surface area contributed by atoms with Gasteiger partial charge in [0.15, 0.2) is 0 Å². The molecule has 1 aromatic rings. The highest BCUT2D eigenvalue weighted by Gasteiger charge is 2.53. The maximum Gasteiger partial charge on any atom is 0.346 e. The fourth-order valence-corrected chi connectivity index (χ4v) is 5.77. The zero-order chi connectivity index (χ0) is 20.6. The van der Waals surface area contributed by atoms with Crippen LogP contribution in [0.25, 0.3) is 0 Å². The van der Waals surface area contributed by atoms with Gasteiger partial charge in [-0.1, -0.05) is 49.6 Å². The van der Waals surface area contributed by atoms with Gasteiger partial charge in [0, 0.05) is 31.7 Å². The van der Waals surface area contributed by atoms with Crippen LogP contribution in [0.5, 0.6) is 0 Å². The highest BCUT2D eigenvalue weighted by atomic mass is 16.2. The van der Waals surface area contributed by atoms with Crippen LogP contribution in [-0.2, 0) is 6.54 Å². The van der Waals surface area contributed by atoms with Gasteiger partial charge in [0.05, 0.1) is 0 Å². The van der Waals surface area contributed by atoms with Crippen molar-refractivity contribution in [1.82, 2.24) is 15.1 Å². The van der Waals surface area contributed by atoms with Gasteiger partial charge in [-0.3, -0.25) is 4.90 Å². The van der Waals surface area contributed by atoms with E-state index in [1.807, 2.05) is 0 Å². The Morgan fingerprint density at radius 2 is 1.87 bits per heavy atom. The largest absolute Gasteiger partial charge is 0.369 e. The van der Waals surface area contributed by atoms with Crippen LogP contribution in [0, 0.1) is 5.92 Å². The average molecular weight is 409 g/mol. The summed E-state index contributed by atoms with van der Waals surface area (Å²) < 4.78 is 0. The number of carbonyl (C=O) groups excluding carboxylic acids is 1. The molecular weight excluding hydrogens is 372 g/mol. The number of aliphatic imine (C=N–C) groups is 1. The monoisotopic (exact) mass is 408 g/mol. The number of urea groups is 1. The molecule has 1 spiro atoms. The third-order valence-electron chi connectivity index (χ3n) is 7.78. The number of carbonyl (C=O) groups is 1. The zero-order valence-electron chi connectivity index (χ0n) is 18.4. The smallest absolute Gasteiger partial charge is 0.346 e. The molecule has 2 amide bonds. The standard InChI is InChI=1S/C25H36N4O/c1-19-16-25(14-15-28(19)17-20-8-4-2-5-9-20)23(26-22-10-6-3-7-11-22)27-24(30)29(25)18-21-12-13-21/h2,4-5,8-9,19,21-22H,3,6-7,10-18H2,1H3,(H,26,27,30)/t19-,25+/m0/s1. The topological polar surface area (TPSA) is 47.9 Å². The second-order valence-electron chi connectivity index (χ2n) is 10.1. The summed E-state index contributed by atoms with van der Waals surface area (Å²) in [6.45, 7) is 5.22. The first-order valence-corrected chi connectivity index (χ1v) is 12.1. The van der Waals surface area contributed by atoms with Gasteiger partial charge < -0.3 is 10.2 Å². The number of benzene rings is 1. The molecular formula is C25H36N4O. The molecule has 1 saturated heterocycles. The highest BCUT2D eigenvalue weighted by molar-refractivity contribution is 6.07. The first-order chi connectivity index (χ1) is 14.6. The summed E-state index contributed by atoms with van der Waals surface area (Å²) in [5, 5.41) is 3.79. The molecule has 30 heavy (non-hydrogen) atoms. The van der Waals surface area contributed by atoms with E-state index in [1.54, 1.807) is 0 Å². The lowest BCUT2D eigenvalue weighted by molar-refractivity contribution is 0.0574. The lowest BCUT2D eigenvalue weighted by atomic mass is 9.80. The number of likely N-dealkylation sites (tertiary alicyclic amines) is 1. The number of rotatable bonds is 5. The van der Waals surface area contributed by atoms with Gasteiger partial charge in [0.1, 0.15) is 11.4 Å². The molecule has 3 fully saturated rings. The maximum absolute atomic E-state index is 13.0. The number of amides is 2. The Morgan fingerprint density at radius 1 is 1.10 bits per heavy atom. The van der Waals surface area contributed by atoms with Crippen LogP contribution in [-0.4, -0.2) is 52.4 Å². The van der Waals surface area contributed by atoms with Crippen LogP contribution >= 0.6 is 0 Å². The summed E-state index contributed by atoms with van der Waals surface area (Å²) in [5.74, 6) is 1.68. The quantitative estimate of drug-likeness (QED) is 0.776. The molecule has 162 valence electrons. The number of nitrogens with one attached hydrogen (secondary N) is 1. The fraction of sp³-hybridized carbons (Fsp3) is 0.680. The van der Waals surface area contributed by atoms with Crippen LogP contribution in [0.3, 0.4) is 0 Å². The van der Waals surface area contributed by atoms with Gasteiger partial charge in [-0.05, 0) is 56.9 Å². The molecule has 0 unspecified atom stereocenters. The van der Waals surface area contributed by atoms with Crippen molar-refractivity contribution in [2.75, 3.05) is 13.1 Å². The van der Waals surface area contributed by atoms with Gasteiger partial charge in [-0.25, -0.2) is 4.79 Å². The molecule has 5 nitrogen and oxygen atoms in total. The first-order valence-electron chi connectivity index (χ1n) is 12.1. The van der Waals surface area contributed by atoms with E-state index in [4.69, 9.17) is 0 Å². The normalized spacial score (nSPS) is 30.7. The van der Waals surface area contributed by atoms with Crippen molar-refractivity contribution in [2.45, 2.75) is 88.9 Å². The van der Waals surface area contributed by atoms with E-state index in [9.17, 15) is 4.79 Å². The van der Waals surface area contributed by atoms with Crippen molar-refractivity contribution in [3.63, 3.8) is 0 Å². The summed E-state index contributed by atoms with van der Waals surface area (Å²) in [6.07, 6.45) is 10.8. The second-order valence-corrected chi connectivity index (χ2v) is 10.1. The number of nitrogens with zero attached hydrogens (tertiary/aromatic N) is 3. The summed E-state index contributed by atoms with van der Waals surface area (Å²) in [5.41, 5.74) is 1.15. The average Bonchev–Trinajstić information content (AvgIpc) is 3.55. The molecule has 5 rings (SSSR count). The van der Waals surface area contributed by atoms with Crippen molar-refractivity contribution in [3.8, 4) is 0 Å². The molecule has 5 heteroatoms. The van der Waals surface area contributed by atoms with Gasteiger partial charge >= 0.3 is 6.03 Å². The molecule has 4 aliphatic rings. The lowest BCUT2D eigenvalue weighted by Crippen LogP contribution is -2.63. The summed E-state index contributed by atoms with van der Waals surface area (Å²) in [4.78, 5) is 22.4. The van der Waals surface area contributed by atoms with Gasteiger partial charge in [0.2, 0.25) is 0 Å². The van der Waals surface area contributed by atoms with Crippen LogP contribution in [0.2, 0.25) is 0 Å². The van der Waals surface area contributed by atoms with E-state index in [0.29, 0.717) is 18.0 Å². The Morgan fingerprint density at radius 3 is 2.57 bits per heavy atom. The summed E-state index contributed by atoms with van der Waals surface area (Å²) in [6, 6.07) is 11.7. The first kappa shape index (κ1) is 20.0. The number of hydrogen-bond acceptors (Lipinski definition) is 3. The summed E-state index contributed by atoms with van der Waals surface area (Å²) >= 11 is 0. The second kappa shape index (κ2) is 8.33. The van der Waals surface area contributed by atoms with Gasteiger partial charge in [-0.2, -0.15) is 4.99 Å². The Kier molecular flexibility index (Phi) is 5.57. The highest BCUT2D eigenvalue weighted by Crippen LogP contribution is 2.41. The fourth-order valence-electron chi connectivity index (χ4n) is 5.77. The zero-order valence-corrected chi connectivity index (χ0v) is 18.4. The molecule has 2 aliphatic carbocycles. The van der Waals surface area contributed by atoms with Gasteiger partial charge in [0.25, 0.3) is 0 Å². The molecule has 0 bridgehead atoms. The number of piperidine rings is 1. The molecule has 2 heterocycles. The predicted molar refractivity (Wildman–Crippen MR) is 121 cm³/mol. The van der Waals surface area contributed by atoms with E-state index in [1.165, 1.54) is 50.5 Å². The van der Waals surface area contributed by atoms with Crippen LogP contribution < -0.4 is 5.32 Å². The molecule has 0 radical (unpaired) electrons. The summed E-state index contributed by atoms with van der Waals surface area (Å²) in [7, 11) is 0. The minimum Gasteiger partial charge on any atom is -0.369 e. The minimum atomic E-state index is -0.219. The van der Waals surface area contributed by atoms with Crippen molar-refractivity contribution < 1.29 is 4.79 Å². The molecule has 2 saturated carbocycles. The number of hydrogen-bond donors (Lipinski definition) is 1.